The third-order valence-corrected chi connectivity index (χ3v) is 4.25. The molecule has 0 unspecified atom stereocenters. The zero-order valence-corrected chi connectivity index (χ0v) is 13.1. The lowest BCUT2D eigenvalue weighted by molar-refractivity contribution is 0.0607. The summed E-state index contributed by atoms with van der Waals surface area (Å²) >= 11 is 1.19. The number of nitrogens with one attached hydrogen (secondary N) is 1. The Labute approximate surface area is 122 Å². The highest BCUT2D eigenvalue weighted by atomic mass is 32.1. The minimum atomic E-state index is -0.521. The monoisotopic (exact) mass is 299 g/mol. The lowest BCUT2D eigenvalue weighted by atomic mass is 10.2. The molecule has 20 heavy (non-hydrogen) atoms. The topological polar surface area (TPSA) is 84.7 Å². The molecule has 1 heterocycles. The van der Waals surface area contributed by atoms with Crippen LogP contribution in [-0.2, 0) is 4.74 Å². The number of nitrogens with zero attached hydrogens (tertiary/aromatic N) is 1. The van der Waals surface area contributed by atoms with Crippen molar-refractivity contribution in [2.45, 2.75) is 19.8 Å². The van der Waals surface area contributed by atoms with Gasteiger partial charge in [-0.15, -0.1) is 11.3 Å². The molecule has 0 atom stereocenters. The van der Waals surface area contributed by atoms with Crippen LogP contribution in [0.3, 0.4) is 0 Å². The molecule has 1 aromatic rings. The summed E-state index contributed by atoms with van der Waals surface area (Å²) in [6.07, 6.45) is 2.04. The van der Waals surface area contributed by atoms with Gasteiger partial charge in [0.2, 0.25) is 0 Å². The van der Waals surface area contributed by atoms with E-state index in [0.29, 0.717) is 10.6 Å². The summed E-state index contributed by atoms with van der Waals surface area (Å²) in [5.74, 6) is -0.819. The number of hydrogen-bond donors (Lipinski definition) is 2. The fourth-order valence-corrected chi connectivity index (χ4v) is 2.91. The molecule has 0 saturated heterocycles. The van der Waals surface area contributed by atoms with Crippen LogP contribution in [0.1, 0.15) is 39.8 Å². The molecular weight excluding hydrogens is 278 g/mol. The van der Waals surface area contributed by atoms with Gasteiger partial charge in [-0.05, 0) is 6.42 Å². The van der Waals surface area contributed by atoms with Crippen molar-refractivity contribution in [2.24, 2.45) is 0 Å². The Bertz CT molecular complexity index is 499. The molecule has 1 amide bonds. The summed E-state index contributed by atoms with van der Waals surface area (Å²) in [5.41, 5.74) is 6.47. The van der Waals surface area contributed by atoms with E-state index in [9.17, 15) is 9.59 Å². The van der Waals surface area contributed by atoms with Crippen molar-refractivity contribution in [3.63, 3.8) is 0 Å². The molecule has 0 saturated carbocycles. The predicted molar refractivity (Wildman–Crippen MR) is 81.6 cm³/mol. The average molecular weight is 299 g/mol. The molecule has 0 aromatic carbocycles. The van der Waals surface area contributed by atoms with Crippen LogP contribution in [0.25, 0.3) is 0 Å². The lowest BCUT2D eigenvalue weighted by Crippen LogP contribution is -2.24. The van der Waals surface area contributed by atoms with Crippen LogP contribution in [0.5, 0.6) is 0 Å². The van der Waals surface area contributed by atoms with Crippen LogP contribution in [0.15, 0.2) is 0 Å². The van der Waals surface area contributed by atoms with Gasteiger partial charge in [-0.2, -0.15) is 0 Å². The van der Waals surface area contributed by atoms with E-state index in [4.69, 9.17) is 10.5 Å². The quantitative estimate of drug-likeness (QED) is 0.781. The molecule has 0 aliphatic rings. The van der Waals surface area contributed by atoms with E-state index < -0.39 is 5.97 Å². The second kappa shape index (κ2) is 7.14. The Hall–Kier alpha value is -1.76. The van der Waals surface area contributed by atoms with Gasteiger partial charge >= 0.3 is 5.97 Å². The zero-order chi connectivity index (χ0) is 15.3. The van der Waals surface area contributed by atoms with E-state index in [1.165, 1.54) is 25.5 Å². The summed E-state index contributed by atoms with van der Waals surface area (Å²) in [4.78, 5) is 25.9. The van der Waals surface area contributed by atoms with Gasteiger partial charge in [0.15, 0.2) is 0 Å². The van der Waals surface area contributed by atoms with Crippen LogP contribution in [0, 0.1) is 0 Å². The Morgan fingerprint density at radius 3 is 2.60 bits per heavy atom. The molecule has 1 rings (SSSR count). The molecular formula is C13H21N3O3S. The largest absolute Gasteiger partial charge is 0.465 e. The van der Waals surface area contributed by atoms with Crippen molar-refractivity contribution in [3.8, 4) is 0 Å². The summed E-state index contributed by atoms with van der Waals surface area (Å²) in [6, 6.07) is 0. The Balaban J connectivity index is 3.26. The number of carbonyl (C=O) groups is 2. The standard InChI is InChI=1S/C13H21N3O3S/c1-5-6-7-16(3)12-8(11(17)15-2)9(14)10(20-12)13(18)19-4/h5-7,14H2,1-4H3,(H,15,17). The van der Waals surface area contributed by atoms with E-state index in [1.54, 1.807) is 0 Å². The van der Waals surface area contributed by atoms with Crippen molar-refractivity contribution in [2.75, 3.05) is 38.4 Å². The number of unbranched alkanes of at least 4 members (excludes halogenated alkanes) is 1. The van der Waals surface area contributed by atoms with Gasteiger partial charge in [0.1, 0.15) is 9.88 Å². The molecule has 112 valence electrons. The molecule has 6 nitrogen and oxygen atoms in total. The molecule has 0 aliphatic heterocycles. The van der Waals surface area contributed by atoms with E-state index in [1.807, 2.05) is 11.9 Å². The van der Waals surface area contributed by atoms with Crippen molar-refractivity contribution in [3.05, 3.63) is 10.4 Å². The van der Waals surface area contributed by atoms with Gasteiger partial charge in [-0.1, -0.05) is 13.3 Å². The van der Waals surface area contributed by atoms with E-state index in [2.05, 4.69) is 12.2 Å². The molecule has 0 bridgehead atoms. The first kappa shape index (κ1) is 16.3. The normalized spacial score (nSPS) is 10.2. The third-order valence-electron chi connectivity index (χ3n) is 2.95. The first-order valence-corrected chi connectivity index (χ1v) is 7.23. The number of esters is 1. The second-order valence-corrected chi connectivity index (χ2v) is 5.37. The first-order valence-electron chi connectivity index (χ1n) is 6.41. The number of ether oxygens (including phenoxy) is 1. The maximum Gasteiger partial charge on any atom is 0.350 e. The van der Waals surface area contributed by atoms with Crippen molar-refractivity contribution < 1.29 is 14.3 Å². The first-order chi connectivity index (χ1) is 9.47. The molecule has 0 spiro atoms. The highest BCUT2D eigenvalue weighted by Gasteiger charge is 2.27. The zero-order valence-electron chi connectivity index (χ0n) is 12.3. The smallest absolute Gasteiger partial charge is 0.350 e. The maximum atomic E-state index is 12.0. The maximum absolute atomic E-state index is 12.0. The van der Waals surface area contributed by atoms with Crippen LogP contribution in [-0.4, -0.2) is 39.6 Å². The van der Waals surface area contributed by atoms with E-state index in [0.717, 1.165) is 19.4 Å². The number of nitrogens with two attached hydrogens (primary N) is 1. The SMILES string of the molecule is CCCCN(C)c1sc(C(=O)OC)c(N)c1C(=O)NC. The second-order valence-electron chi connectivity index (χ2n) is 4.37. The molecule has 1 aromatic heterocycles. The molecule has 7 heteroatoms. The summed E-state index contributed by atoms with van der Waals surface area (Å²) in [5, 5.41) is 3.24. The van der Waals surface area contributed by atoms with Gasteiger partial charge in [0, 0.05) is 20.6 Å². The summed E-state index contributed by atoms with van der Waals surface area (Å²) < 4.78 is 4.70. The molecule has 0 aliphatic carbocycles. The van der Waals surface area contributed by atoms with Gasteiger partial charge in [-0.25, -0.2) is 4.79 Å². The van der Waals surface area contributed by atoms with E-state index >= 15 is 0 Å². The van der Waals surface area contributed by atoms with Crippen molar-refractivity contribution in [1.29, 1.82) is 0 Å². The predicted octanol–water partition coefficient (Wildman–Crippen LogP) is 1.71. The number of anilines is 2. The van der Waals surface area contributed by atoms with Crippen LogP contribution in [0.4, 0.5) is 10.7 Å². The number of hydrogen-bond acceptors (Lipinski definition) is 6. The molecule has 3 N–H and O–H groups in total. The fourth-order valence-electron chi connectivity index (χ4n) is 1.79. The minimum absolute atomic E-state index is 0.180. The number of methoxy groups -OCH3 is 1. The number of amides is 1. The Morgan fingerprint density at radius 1 is 1.45 bits per heavy atom. The Kier molecular flexibility index (Phi) is 5.82. The third kappa shape index (κ3) is 3.22. The number of carbonyl (C=O) groups excluding carboxylic acids is 2. The van der Waals surface area contributed by atoms with Gasteiger partial charge in [0.25, 0.3) is 5.91 Å². The number of rotatable bonds is 6. The molecule has 0 radical (unpaired) electrons. The Morgan fingerprint density at radius 2 is 2.10 bits per heavy atom. The van der Waals surface area contributed by atoms with Crippen molar-refractivity contribution >= 4 is 33.9 Å². The number of nitrogen functional groups attached to an aromatic ring is 1. The highest BCUT2D eigenvalue weighted by Crippen LogP contribution is 2.38. The van der Waals surface area contributed by atoms with Gasteiger partial charge < -0.3 is 20.7 Å². The molecule has 0 fully saturated rings. The summed E-state index contributed by atoms with van der Waals surface area (Å²) in [6.45, 7) is 2.89. The van der Waals surface area contributed by atoms with Crippen LogP contribution >= 0.6 is 11.3 Å². The van der Waals surface area contributed by atoms with Crippen LogP contribution < -0.4 is 16.0 Å². The average Bonchev–Trinajstić information content (AvgIpc) is 2.80. The minimum Gasteiger partial charge on any atom is -0.465 e. The fraction of sp³-hybridized carbons (Fsp3) is 0.538. The van der Waals surface area contributed by atoms with Gasteiger partial charge in [-0.3, -0.25) is 4.79 Å². The lowest BCUT2D eigenvalue weighted by Gasteiger charge is -2.18. The highest BCUT2D eigenvalue weighted by molar-refractivity contribution is 7.19. The number of thiophene rings is 1. The van der Waals surface area contributed by atoms with Crippen molar-refractivity contribution in [1.82, 2.24) is 5.32 Å². The van der Waals surface area contributed by atoms with Crippen LogP contribution in [0.2, 0.25) is 0 Å². The van der Waals surface area contributed by atoms with Gasteiger partial charge in [0.05, 0.1) is 18.4 Å². The van der Waals surface area contributed by atoms with E-state index in [-0.39, 0.29) is 16.5 Å². The summed E-state index contributed by atoms with van der Waals surface area (Å²) in [7, 11) is 4.71.